The molecule has 1 aromatic heterocycles. The van der Waals surface area contributed by atoms with Gasteiger partial charge in [-0.3, -0.25) is 20.0 Å². The van der Waals surface area contributed by atoms with Crippen molar-refractivity contribution in [2.75, 3.05) is 20.2 Å². The number of pyridine rings is 1. The van der Waals surface area contributed by atoms with Gasteiger partial charge in [-0.05, 0) is 43.6 Å². The highest BCUT2D eigenvalue weighted by Gasteiger charge is 2.19. The van der Waals surface area contributed by atoms with Gasteiger partial charge in [0.2, 0.25) is 5.75 Å². The van der Waals surface area contributed by atoms with E-state index in [1.807, 2.05) is 6.07 Å². The zero-order valence-electron chi connectivity index (χ0n) is 12.6. The quantitative estimate of drug-likeness (QED) is 0.641. The third-order valence-electron chi connectivity index (χ3n) is 4.10. The Balaban J connectivity index is 1.93. The first-order chi connectivity index (χ1) is 10.7. The first kappa shape index (κ1) is 14.7. The summed E-state index contributed by atoms with van der Waals surface area (Å²) in [6.07, 6.45) is 5.61. The van der Waals surface area contributed by atoms with E-state index in [-0.39, 0.29) is 11.4 Å². The predicted molar refractivity (Wildman–Crippen MR) is 84.1 cm³/mol. The number of ether oxygens (including phenoxy) is 1. The number of benzene rings is 1. The van der Waals surface area contributed by atoms with E-state index in [1.165, 1.54) is 32.4 Å². The molecule has 0 atom stereocenters. The Hall–Kier alpha value is -2.21. The molecular weight excluding hydrogens is 282 g/mol. The molecule has 3 rings (SSSR count). The summed E-state index contributed by atoms with van der Waals surface area (Å²) in [6, 6.07) is 5.26. The van der Waals surface area contributed by atoms with Crippen molar-refractivity contribution in [3.05, 3.63) is 40.1 Å². The van der Waals surface area contributed by atoms with Crippen LogP contribution in [0.3, 0.4) is 0 Å². The summed E-state index contributed by atoms with van der Waals surface area (Å²) in [7, 11) is 1.44. The minimum Gasteiger partial charge on any atom is -0.489 e. The second-order valence-electron chi connectivity index (χ2n) is 5.63. The maximum atomic E-state index is 11.0. The SMILES string of the molecule is COc1c([N+](=O)[O-])ccc2cc(CN3CCCCC3)cnc12. The second kappa shape index (κ2) is 6.27. The van der Waals surface area contributed by atoms with Crippen LogP contribution in [0.2, 0.25) is 0 Å². The maximum absolute atomic E-state index is 11.0. The van der Waals surface area contributed by atoms with Crippen molar-refractivity contribution in [2.45, 2.75) is 25.8 Å². The fourth-order valence-electron chi connectivity index (χ4n) is 3.02. The van der Waals surface area contributed by atoms with Gasteiger partial charge < -0.3 is 4.74 Å². The molecule has 0 saturated carbocycles. The number of aromatic nitrogens is 1. The Morgan fingerprint density at radius 3 is 2.77 bits per heavy atom. The van der Waals surface area contributed by atoms with Gasteiger partial charge in [0.25, 0.3) is 0 Å². The Labute approximate surface area is 128 Å². The van der Waals surface area contributed by atoms with E-state index in [0.717, 1.165) is 30.6 Å². The van der Waals surface area contributed by atoms with Crippen LogP contribution in [-0.2, 0) is 6.54 Å². The van der Waals surface area contributed by atoms with Crippen molar-refractivity contribution in [2.24, 2.45) is 0 Å². The largest absolute Gasteiger partial charge is 0.489 e. The summed E-state index contributed by atoms with van der Waals surface area (Å²) in [5.74, 6) is 0.229. The Bertz CT molecular complexity index is 696. The molecule has 0 N–H and O–H groups in total. The molecule has 2 heterocycles. The van der Waals surface area contributed by atoms with Crippen molar-refractivity contribution >= 4 is 16.6 Å². The lowest BCUT2D eigenvalue weighted by atomic mass is 10.1. The van der Waals surface area contributed by atoms with E-state index < -0.39 is 4.92 Å². The molecule has 1 aromatic carbocycles. The molecule has 116 valence electrons. The first-order valence-electron chi connectivity index (χ1n) is 7.51. The highest BCUT2D eigenvalue weighted by atomic mass is 16.6. The van der Waals surface area contributed by atoms with Crippen molar-refractivity contribution in [3.63, 3.8) is 0 Å². The first-order valence-corrected chi connectivity index (χ1v) is 7.51. The van der Waals surface area contributed by atoms with Crippen LogP contribution in [0.1, 0.15) is 24.8 Å². The topological polar surface area (TPSA) is 68.5 Å². The van der Waals surface area contributed by atoms with Crippen LogP contribution in [-0.4, -0.2) is 35.0 Å². The minimum absolute atomic E-state index is 0.0497. The van der Waals surface area contributed by atoms with Crippen LogP contribution in [0.15, 0.2) is 24.4 Å². The van der Waals surface area contributed by atoms with Crippen LogP contribution >= 0.6 is 0 Å². The Kier molecular flexibility index (Phi) is 4.20. The van der Waals surface area contributed by atoms with E-state index >= 15 is 0 Å². The van der Waals surface area contributed by atoms with Gasteiger partial charge >= 0.3 is 5.69 Å². The van der Waals surface area contributed by atoms with Crippen LogP contribution in [0.25, 0.3) is 10.9 Å². The summed E-state index contributed by atoms with van der Waals surface area (Å²) < 4.78 is 5.20. The van der Waals surface area contributed by atoms with Crippen molar-refractivity contribution < 1.29 is 9.66 Å². The van der Waals surface area contributed by atoms with E-state index in [9.17, 15) is 10.1 Å². The summed E-state index contributed by atoms with van der Waals surface area (Å²) in [4.78, 5) is 17.4. The zero-order valence-corrected chi connectivity index (χ0v) is 12.6. The molecule has 0 unspecified atom stereocenters. The van der Waals surface area contributed by atoms with Gasteiger partial charge in [0.05, 0.1) is 12.0 Å². The number of likely N-dealkylation sites (tertiary alicyclic amines) is 1. The number of hydrogen-bond donors (Lipinski definition) is 0. The van der Waals surface area contributed by atoms with E-state index in [1.54, 1.807) is 12.3 Å². The molecule has 0 amide bonds. The van der Waals surface area contributed by atoms with Gasteiger partial charge in [-0.1, -0.05) is 6.42 Å². The average molecular weight is 301 g/mol. The fourth-order valence-corrected chi connectivity index (χ4v) is 3.02. The number of rotatable bonds is 4. The van der Waals surface area contributed by atoms with Crippen LogP contribution < -0.4 is 4.74 Å². The number of piperidine rings is 1. The molecule has 6 heteroatoms. The molecule has 1 saturated heterocycles. The number of nitro groups is 1. The fraction of sp³-hybridized carbons (Fsp3) is 0.438. The number of fused-ring (bicyclic) bond motifs is 1. The van der Waals surface area contributed by atoms with Crippen molar-refractivity contribution in [1.82, 2.24) is 9.88 Å². The lowest BCUT2D eigenvalue weighted by Crippen LogP contribution is -2.29. The highest BCUT2D eigenvalue weighted by molar-refractivity contribution is 5.88. The molecule has 0 radical (unpaired) electrons. The minimum atomic E-state index is -0.443. The van der Waals surface area contributed by atoms with E-state index in [4.69, 9.17) is 4.74 Å². The molecule has 1 aliphatic rings. The van der Waals surface area contributed by atoms with Crippen LogP contribution in [0, 0.1) is 10.1 Å². The third-order valence-corrected chi connectivity index (χ3v) is 4.10. The molecule has 0 spiro atoms. The summed E-state index contributed by atoms with van der Waals surface area (Å²) >= 11 is 0. The van der Waals surface area contributed by atoms with Crippen LogP contribution in [0.5, 0.6) is 5.75 Å². The van der Waals surface area contributed by atoms with Crippen LogP contribution in [0.4, 0.5) is 5.69 Å². The van der Waals surface area contributed by atoms with Gasteiger partial charge in [0.1, 0.15) is 5.52 Å². The molecular formula is C16H19N3O3. The maximum Gasteiger partial charge on any atom is 0.313 e. The molecule has 0 aliphatic carbocycles. The smallest absolute Gasteiger partial charge is 0.313 e. The lowest BCUT2D eigenvalue weighted by Gasteiger charge is -2.26. The van der Waals surface area contributed by atoms with Gasteiger partial charge in [0, 0.05) is 24.2 Å². The molecule has 0 bridgehead atoms. The highest BCUT2D eigenvalue weighted by Crippen LogP contribution is 2.34. The molecule has 1 fully saturated rings. The number of hydrogen-bond acceptors (Lipinski definition) is 5. The number of nitro benzene ring substituents is 1. The molecule has 6 nitrogen and oxygen atoms in total. The Morgan fingerprint density at radius 2 is 2.09 bits per heavy atom. The van der Waals surface area contributed by atoms with Gasteiger partial charge in [-0.15, -0.1) is 0 Å². The molecule has 22 heavy (non-hydrogen) atoms. The summed E-state index contributed by atoms with van der Waals surface area (Å²) in [6.45, 7) is 3.13. The van der Waals surface area contributed by atoms with Gasteiger partial charge in [-0.25, -0.2) is 0 Å². The second-order valence-corrected chi connectivity index (χ2v) is 5.63. The molecule has 1 aliphatic heterocycles. The number of methoxy groups -OCH3 is 1. The standard InChI is InChI=1S/C16H19N3O3/c1-22-16-14(19(20)21)6-5-13-9-12(10-17-15(13)16)11-18-7-3-2-4-8-18/h5-6,9-10H,2-4,7-8,11H2,1H3. The van der Waals surface area contributed by atoms with Gasteiger partial charge in [0.15, 0.2) is 0 Å². The third kappa shape index (κ3) is 2.87. The normalized spacial score (nSPS) is 15.9. The monoisotopic (exact) mass is 301 g/mol. The average Bonchev–Trinajstić information content (AvgIpc) is 2.54. The predicted octanol–water partition coefficient (Wildman–Crippen LogP) is 3.14. The number of nitrogens with zero attached hydrogens (tertiary/aromatic N) is 3. The zero-order chi connectivity index (χ0) is 15.5. The summed E-state index contributed by atoms with van der Waals surface area (Å²) in [5, 5.41) is 11.9. The Morgan fingerprint density at radius 1 is 1.32 bits per heavy atom. The lowest BCUT2D eigenvalue weighted by molar-refractivity contribution is -0.385. The van der Waals surface area contributed by atoms with E-state index in [2.05, 4.69) is 9.88 Å². The van der Waals surface area contributed by atoms with E-state index in [0.29, 0.717) is 5.52 Å². The van der Waals surface area contributed by atoms with Gasteiger partial charge in [-0.2, -0.15) is 0 Å². The molecule has 2 aromatic rings. The van der Waals surface area contributed by atoms with Crippen molar-refractivity contribution in [3.8, 4) is 5.75 Å². The van der Waals surface area contributed by atoms with Crippen molar-refractivity contribution in [1.29, 1.82) is 0 Å². The summed E-state index contributed by atoms with van der Waals surface area (Å²) in [5.41, 5.74) is 1.62.